The smallest absolute Gasteiger partial charge is 0.261 e. The first-order valence-electron chi connectivity index (χ1n) is 6.63. The zero-order valence-electron chi connectivity index (χ0n) is 11.6. The van der Waals surface area contributed by atoms with Gasteiger partial charge < -0.3 is 5.32 Å². The third-order valence-electron chi connectivity index (χ3n) is 2.82. The minimum Gasteiger partial charge on any atom is -0.385 e. The van der Waals surface area contributed by atoms with Gasteiger partial charge in [0.05, 0.1) is 4.90 Å². The Labute approximate surface area is 133 Å². The fourth-order valence-electron chi connectivity index (χ4n) is 1.79. The van der Waals surface area contributed by atoms with Crippen molar-refractivity contribution in [3.05, 3.63) is 53.0 Å². The van der Waals surface area contributed by atoms with Gasteiger partial charge in [-0.05, 0) is 48.9 Å². The summed E-state index contributed by atoms with van der Waals surface area (Å²) in [5, 5.41) is 3.21. The molecule has 0 saturated heterocycles. The molecule has 0 saturated carbocycles. The molecule has 112 valence electrons. The quantitative estimate of drug-likeness (QED) is 0.807. The molecule has 0 aliphatic carbocycles. The van der Waals surface area contributed by atoms with Crippen LogP contribution in [0.3, 0.4) is 0 Å². The van der Waals surface area contributed by atoms with E-state index < -0.39 is 10.0 Å². The van der Waals surface area contributed by atoms with Gasteiger partial charge in [0.25, 0.3) is 10.0 Å². The van der Waals surface area contributed by atoms with Crippen LogP contribution in [0.1, 0.15) is 13.3 Å². The molecule has 0 radical (unpaired) electrons. The van der Waals surface area contributed by atoms with E-state index in [0.717, 1.165) is 23.1 Å². The van der Waals surface area contributed by atoms with Crippen molar-refractivity contribution in [2.24, 2.45) is 0 Å². The monoisotopic (exact) mass is 368 g/mol. The lowest BCUT2D eigenvalue weighted by molar-refractivity contribution is 0.601. The largest absolute Gasteiger partial charge is 0.385 e. The Morgan fingerprint density at radius 3 is 2.38 bits per heavy atom. The molecule has 0 aliphatic rings. The molecule has 2 rings (SSSR count). The van der Waals surface area contributed by atoms with Crippen molar-refractivity contribution in [1.29, 1.82) is 0 Å². The fraction of sp³-hybridized carbons (Fsp3) is 0.200. The van der Waals surface area contributed by atoms with Crippen LogP contribution in [0.2, 0.25) is 0 Å². The van der Waals surface area contributed by atoms with E-state index in [9.17, 15) is 8.42 Å². The molecule has 0 bridgehead atoms. The molecule has 0 aromatic heterocycles. The average molecular weight is 369 g/mol. The molecule has 0 fully saturated rings. The first-order valence-corrected chi connectivity index (χ1v) is 8.91. The predicted molar refractivity (Wildman–Crippen MR) is 90.2 cm³/mol. The van der Waals surface area contributed by atoms with E-state index in [4.69, 9.17) is 0 Å². The summed E-state index contributed by atoms with van der Waals surface area (Å²) in [4.78, 5) is 0.240. The zero-order valence-corrected chi connectivity index (χ0v) is 14.0. The van der Waals surface area contributed by atoms with Crippen LogP contribution in [0.4, 0.5) is 11.4 Å². The van der Waals surface area contributed by atoms with Gasteiger partial charge in [-0.1, -0.05) is 28.9 Å². The number of nitrogens with one attached hydrogen (secondary N) is 2. The molecule has 0 spiro atoms. The summed E-state index contributed by atoms with van der Waals surface area (Å²) < 4.78 is 28.0. The predicted octanol–water partition coefficient (Wildman–Crippen LogP) is 4.07. The normalized spacial score (nSPS) is 11.1. The molecule has 0 unspecified atom stereocenters. The summed E-state index contributed by atoms with van der Waals surface area (Å²) in [5.41, 5.74) is 1.44. The van der Waals surface area contributed by atoms with Crippen molar-refractivity contribution in [3.8, 4) is 0 Å². The number of halogens is 1. The van der Waals surface area contributed by atoms with Gasteiger partial charge in [-0.2, -0.15) is 0 Å². The van der Waals surface area contributed by atoms with Gasteiger partial charge in [0.1, 0.15) is 0 Å². The Morgan fingerprint density at radius 1 is 1.05 bits per heavy atom. The highest BCUT2D eigenvalue weighted by Crippen LogP contribution is 2.20. The molecular formula is C15H17BrN2O2S. The van der Waals surface area contributed by atoms with Gasteiger partial charge in [-0.25, -0.2) is 8.42 Å². The van der Waals surface area contributed by atoms with E-state index in [1.54, 1.807) is 42.5 Å². The van der Waals surface area contributed by atoms with Gasteiger partial charge in [-0.15, -0.1) is 0 Å². The summed E-state index contributed by atoms with van der Waals surface area (Å²) in [7, 11) is -3.57. The van der Waals surface area contributed by atoms with Crippen molar-refractivity contribution in [3.63, 3.8) is 0 Å². The van der Waals surface area contributed by atoms with Crippen LogP contribution < -0.4 is 10.0 Å². The lowest BCUT2D eigenvalue weighted by atomic mass is 10.3. The van der Waals surface area contributed by atoms with Gasteiger partial charge in [0.2, 0.25) is 0 Å². The van der Waals surface area contributed by atoms with E-state index in [1.807, 2.05) is 6.07 Å². The number of sulfonamides is 1. The van der Waals surface area contributed by atoms with E-state index in [-0.39, 0.29) is 4.90 Å². The Hall–Kier alpha value is -1.53. The number of benzene rings is 2. The highest BCUT2D eigenvalue weighted by molar-refractivity contribution is 9.10. The molecule has 6 heteroatoms. The van der Waals surface area contributed by atoms with E-state index in [2.05, 4.69) is 32.9 Å². The first-order chi connectivity index (χ1) is 10.0. The number of hydrogen-bond acceptors (Lipinski definition) is 3. The fourth-order valence-corrected chi connectivity index (χ4v) is 3.24. The van der Waals surface area contributed by atoms with Crippen LogP contribution in [0.25, 0.3) is 0 Å². The molecule has 2 aromatic rings. The second-order valence-electron chi connectivity index (χ2n) is 4.57. The molecule has 0 aliphatic heterocycles. The maximum Gasteiger partial charge on any atom is 0.261 e. The van der Waals surface area contributed by atoms with Crippen LogP contribution >= 0.6 is 15.9 Å². The lowest BCUT2D eigenvalue weighted by Gasteiger charge is -2.10. The number of hydrogen-bond donors (Lipinski definition) is 2. The summed E-state index contributed by atoms with van der Waals surface area (Å²) in [5.74, 6) is 0. The van der Waals surface area contributed by atoms with Crippen molar-refractivity contribution < 1.29 is 8.42 Å². The highest BCUT2D eigenvalue weighted by Gasteiger charge is 2.14. The third-order valence-corrected chi connectivity index (χ3v) is 4.71. The van der Waals surface area contributed by atoms with Crippen molar-refractivity contribution in [2.75, 3.05) is 16.6 Å². The van der Waals surface area contributed by atoms with Crippen LogP contribution in [-0.4, -0.2) is 15.0 Å². The number of anilines is 2. The molecular weight excluding hydrogens is 352 g/mol. The first kappa shape index (κ1) is 15.9. The second kappa shape index (κ2) is 6.95. The van der Waals surface area contributed by atoms with Crippen LogP contribution in [0.5, 0.6) is 0 Å². The van der Waals surface area contributed by atoms with Crippen molar-refractivity contribution in [2.45, 2.75) is 18.2 Å². The maximum absolute atomic E-state index is 12.3. The minimum absolute atomic E-state index is 0.240. The Balaban J connectivity index is 2.15. The van der Waals surface area contributed by atoms with E-state index in [1.165, 1.54) is 0 Å². The lowest BCUT2D eigenvalue weighted by Crippen LogP contribution is -2.13. The topological polar surface area (TPSA) is 58.2 Å². The summed E-state index contributed by atoms with van der Waals surface area (Å²) in [6, 6.07) is 13.8. The SMILES string of the molecule is CCCNc1ccc(S(=O)(=O)Nc2cccc(Br)c2)cc1. The summed E-state index contributed by atoms with van der Waals surface area (Å²) >= 11 is 3.32. The number of rotatable bonds is 6. The molecule has 0 amide bonds. The van der Waals surface area contributed by atoms with Gasteiger partial charge in [0, 0.05) is 22.4 Å². The van der Waals surface area contributed by atoms with E-state index in [0.29, 0.717) is 5.69 Å². The molecule has 2 aromatic carbocycles. The van der Waals surface area contributed by atoms with Crippen molar-refractivity contribution in [1.82, 2.24) is 0 Å². The summed E-state index contributed by atoms with van der Waals surface area (Å²) in [6.45, 7) is 2.94. The molecule has 0 heterocycles. The van der Waals surface area contributed by atoms with Gasteiger partial charge in [0.15, 0.2) is 0 Å². The molecule has 2 N–H and O–H groups in total. The molecule has 4 nitrogen and oxygen atoms in total. The highest BCUT2D eigenvalue weighted by atomic mass is 79.9. The van der Waals surface area contributed by atoms with Crippen LogP contribution in [0.15, 0.2) is 57.9 Å². The maximum atomic E-state index is 12.3. The zero-order chi connectivity index (χ0) is 15.3. The summed E-state index contributed by atoms with van der Waals surface area (Å²) in [6.07, 6.45) is 1.02. The third kappa shape index (κ3) is 4.47. The molecule has 0 atom stereocenters. The molecule has 21 heavy (non-hydrogen) atoms. The van der Waals surface area contributed by atoms with Crippen LogP contribution in [-0.2, 0) is 10.0 Å². The Kier molecular flexibility index (Phi) is 5.25. The van der Waals surface area contributed by atoms with Gasteiger partial charge in [-0.3, -0.25) is 4.72 Å². The van der Waals surface area contributed by atoms with Crippen molar-refractivity contribution >= 4 is 37.3 Å². The minimum atomic E-state index is -3.57. The Bertz CT molecular complexity index is 700. The van der Waals surface area contributed by atoms with Crippen LogP contribution in [0, 0.1) is 0 Å². The average Bonchev–Trinajstić information content (AvgIpc) is 2.45. The second-order valence-corrected chi connectivity index (χ2v) is 7.17. The van der Waals surface area contributed by atoms with Gasteiger partial charge >= 0.3 is 0 Å². The standard InChI is InChI=1S/C15H17BrN2O2S/c1-2-10-17-13-6-8-15(9-7-13)21(19,20)18-14-5-3-4-12(16)11-14/h3-9,11,17-18H,2,10H2,1H3. The van der Waals surface area contributed by atoms with E-state index >= 15 is 0 Å². The Morgan fingerprint density at radius 2 is 1.76 bits per heavy atom.